The summed E-state index contributed by atoms with van der Waals surface area (Å²) in [4.78, 5) is 21.7. The smallest absolute Gasteiger partial charge is 0.417 e. The van der Waals surface area contributed by atoms with E-state index in [0.717, 1.165) is 6.07 Å². The standard InChI is InChI=1S/C15H15FN2O6/c16-10-3-7(6-17)1-2-9(10)15(18)5-8(4-11(19)12(15)20)24-14(23)13(21)22/h1-3,8,11-12,19-20H,4-5,18H2,(H,21,22). The number of carboxylic acids is 1. The molecular formula is C15H15FN2O6. The predicted octanol–water partition coefficient (Wildman–Crippen LogP) is -0.637. The molecule has 1 aliphatic rings. The van der Waals surface area contributed by atoms with Crippen molar-refractivity contribution in [3.63, 3.8) is 0 Å². The van der Waals surface area contributed by atoms with Crippen LogP contribution in [-0.2, 0) is 19.9 Å². The van der Waals surface area contributed by atoms with E-state index >= 15 is 0 Å². The summed E-state index contributed by atoms with van der Waals surface area (Å²) < 4.78 is 19.0. The van der Waals surface area contributed by atoms with Crippen molar-refractivity contribution in [1.82, 2.24) is 0 Å². The van der Waals surface area contributed by atoms with Gasteiger partial charge in [0, 0.05) is 18.4 Å². The molecule has 1 fully saturated rings. The molecule has 0 saturated heterocycles. The van der Waals surface area contributed by atoms with Crippen molar-refractivity contribution >= 4 is 11.9 Å². The minimum atomic E-state index is -1.82. The predicted molar refractivity (Wildman–Crippen MR) is 75.7 cm³/mol. The number of benzene rings is 1. The van der Waals surface area contributed by atoms with Crippen LogP contribution < -0.4 is 5.73 Å². The number of carbonyl (C=O) groups excluding carboxylic acids is 1. The summed E-state index contributed by atoms with van der Waals surface area (Å²) in [5, 5.41) is 37.5. The number of carboxylic acid groups (broad SMARTS) is 1. The van der Waals surface area contributed by atoms with Gasteiger partial charge in [-0.25, -0.2) is 14.0 Å². The molecule has 4 atom stereocenters. The third kappa shape index (κ3) is 3.21. The highest BCUT2D eigenvalue weighted by Crippen LogP contribution is 2.38. The Morgan fingerprint density at radius 1 is 1.42 bits per heavy atom. The summed E-state index contributed by atoms with van der Waals surface area (Å²) in [6, 6.07) is 5.17. The van der Waals surface area contributed by atoms with Crippen LogP contribution in [0.5, 0.6) is 0 Å². The van der Waals surface area contributed by atoms with Gasteiger partial charge in [-0.15, -0.1) is 0 Å². The molecule has 2 rings (SSSR count). The third-order valence-corrected chi connectivity index (χ3v) is 4.01. The van der Waals surface area contributed by atoms with Crippen molar-refractivity contribution in [3.05, 3.63) is 35.1 Å². The lowest BCUT2D eigenvalue weighted by molar-refractivity contribution is -0.174. The number of hydrogen-bond acceptors (Lipinski definition) is 7. The second kappa shape index (κ2) is 6.52. The third-order valence-electron chi connectivity index (χ3n) is 4.01. The van der Waals surface area contributed by atoms with Gasteiger partial charge in [0.05, 0.1) is 23.3 Å². The number of rotatable bonds is 2. The molecule has 1 aromatic rings. The Bertz CT molecular complexity index is 718. The Kier molecular flexibility index (Phi) is 4.84. The molecule has 0 aromatic heterocycles. The van der Waals surface area contributed by atoms with Crippen LogP contribution in [0.3, 0.4) is 0 Å². The minimum Gasteiger partial charge on any atom is -0.473 e. The highest BCUT2D eigenvalue weighted by Gasteiger charge is 2.49. The van der Waals surface area contributed by atoms with Crippen LogP contribution in [0, 0.1) is 17.1 Å². The molecule has 0 heterocycles. The van der Waals surface area contributed by atoms with Crippen molar-refractivity contribution in [3.8, 4) is 6.07 Å². The van der Waals surface area contributed by atoms with Crippen LogP contribution >= 0.6 is 0 Å². The minimum absolute atomic E-state index is 0.0413. The Balaban J connectivity index is 2.36. The molecule has 24 heavy (non-hydrogen) atoms. The Hall–Kier alpha value is -2.54. The number of hydrogen-bond donors (Lipinski definition) is 4. The summed E-state index contributed by atoms with van der Waals surface area (Å²) in [6.07, 6.45) is -4.68. The first kappa shape index (κ1) is 17.8. The van der Waals surface area contributed by atoms with Crippen LogP contribution in [0.2, 0.25) is 0 Å². The maximum absolute atomic E-state index is 14.3. The van der Waals surface area contributed by atoms with E-state index in [-0.39, 0.29) is 24.0 Å². The van der Waals surface area contributed by atoms with E-state index in [0.29, 0.717) is 0 Å². The largest absolute Gasteiger partial charge is 0.473 e. The van der Waals surface area contributed by atoms with Crippen LogP contribution in [0.1, 0.15) is 24.0 Å². The second-order valence-electron chi connectivity index (χ2n) is 5.63. The summed E-state index contributed by atoms with van der Waals surface area (Å²) in [5.41, 5.74) is 4.12. The molecule has 0 bridgehead atoms. The Labute approximate surface area is 135 Å². The number of ether oxygens (including phenoxy) is 1. The van der Waals surface area contributed by atoms with Crippen LogP contribution in [0.4, 0.5) is 4.39 Å². The van der Waals surface area contributed by atoms with Gasteiger partial charge in [0.15, 0.2) is 0 Å². The molecule has 0 spiro atoms. The van der Waals surface area contributed by atoms with Crippen molar-refractivity contribution in [2.75, 3.05) is 0 Å². The quantitative estimate of drug-likeness (QED) is 0.410. The molecule has 0 amide bonds. The van der Waals surface area contributed by atoms with Gasteiger partial charge in [-0.3, -0.25) is 0 Å². The van der Waals surface area contributed by atoms with Crippen LogP contribution in [-0.4, -0.2) is 45.6 Å². The van der Waals surface area contributed by atoms with E-state index in [1.54, 1.807) is 6.07 Å². The molecule has 9 heteroatoms. The van der Waals surface area contributed by atoms with Crippen molar-refractivity contribution in [2.24, 2.45) is 5.73 Å². The molecule has 5 N–H and O–H groups in total. The number of aliphatic hydroxyl groups is 2. The second-order valence-corrected chi connectivity index (χ2v) is 5.63. The van der Waals surface area contributed by atoms with Crippen molar-refractivity contribution in [2.45, 2.75) is 36.7 Å². The lowest BCUT2D eigenvalue weighted by Gasteiger charge is -2.44. The maximum atomic E-state index is 14.3. The molecule has 8 nitrogen and oxygen atoms in total. The number of aliphatic carboxylic acids is 1. The van der Waals surface area contributed by atoms with Gasteiger partial charge in [0.2, 0.25) is 0 Å². The first-order valence-corrected chi connectivity index (χ1v) is 6.98. The number of carbonyl (C=O) groups is 2. The topological polar surface area (TPSA) is 154 Å². The zero-order valence-electron chi connectivity index (χ0n) is 12.3. The first-order chi connectivity index (χ1) is 11.2. The van der Waals surface area contributed by atoms with Gasteiger partial charge < -0.3 is 25.8 Å². The molecule has 0 aliphatic heterocycles. The maximum Gasteiger partial charge on any atom is 0.417 e. The lowest BCUT2D eigenvalue weighted by atomic mass is 9.72. The van der Waals surface area contributed by atoms with Gasteiger partial charge in [0.25, 0.3) is 0 Å². The molecular weight excluding hydrogens is 323 g/mol. The van der Waals surface area contributed by atoms with Crippen LogP contribution in [0.25, 0.3) is 0 Å². The van der Waals surface area contributed by atoms with Crippen LogP contribution in [0.15, 0.2) is 18.2 Å². The Morgan fingerprint density at radius 3 is 2.62 bits per heavy atom. The van der Waals surface area contributed by atoms with E-state index in [1.807, 2.05) is 0 Å². The number of nitrogens with two attached hydrogens (primary N) is 1. The van der Waals surface area contributed by atoms with E-state index in [9.17, 15) is 24.2 Å². The molecule has 1 aliphatic carbocycles. The number of esters is 1. The summed E-state index contributed by atoms with van der Waals surface area (Å²) in [5.74, 6) is -4.22. The molecule has 0 radical (unpaired) electrons. The molecule has 4 unspecified atom stereocenters. The lowest BCUT2D eigenvalue weighted by Crippen LogP contribution is -2.60. The fourth-order valence-corrected chi connectivity index (χ4v) is 2.85. The van der Waals surface area contributed by atoms with Gasteiger partial charge in [0.1, 0.15) is 18.0 Å². The average Bonchev–Trinajstić information content (AvgIpc) is 2.52. The Morgan fingerprint density at radius 2 is 2.08 bits per heavy atom. The number of nitrogens with zero attached hydrogens (tertiary/aromatic N) is 1. The normalized spacial score (nSPS) is 29.5. The molecule has 1 aromatic carbocycles. The SMILES string of the molecule is N#Cc1ccc(C2(N)CC(OC(=O)C(=O)O)CC(O)C2O)c(F)c1. The van der Waals surface area contributed by atoms with Gasteiger partial charge in [-0.2, -0.15) is 5.26 Å². The monoisotopic (exact) mass is 338 g/mol. The fraction of sp³-hybridized carbons (Fsp3) is 0.400. The zero-order chi connectivity index (χ0) is 18.1. The number of nitriles is 1. The average molecular weight is 338 g/mol. The zero-order valence-corrected chi connectivity index (χ0v) is 12.3. The summed E-state index contributed by atoms with van der Waals surface area (Å²) >= 11 is 0. The first-order valence-electron chi connectivity index (χ1n) is 6.98. The van der Waals surface area contributed by atoms with Crippen molar-refractivity contribution in [1.29, 1.82) is 5.26 Å². The van der Waals surface area contributed by atoms with Gasteiger partial charge in [-0.05, 0) is 12.1 Å². The van der Waals surface area contributed by atoms with E-state index in [1.165, 1.54) is 12.1 Å². The summed E-state index contributed by atoms with van der Waals surface area (Å²) in [7, 11) is 0. The molecule has 1 saturated carbocycles. The highest BCUT2D eigenvalue weighted by molar-refractivity contribution is 6.28. The summed E-state index contributed by atoms with van der Waals surface area (Å²) in [6.45, 7) is 0. The van der Waals surface area contributed by atoms with E-state index < -0.39 is 41.6 Å². The number of halogens is 1. The van der Waals surface area contributed by atoms with Crippen molar-refractivity contribution < 1.29 is 34.0 Å². The van der Waals surface area contributed by atoms with E-state index in [4.69, 9.17) is 20.8 Å². The fourth-order valence-electron chi connectivity index (χ4n) is 2.85. The van der Waals surface area contributed by atoms with E-state index in [2.05, 4.69) is 0 Å². The van der Waals surface area contributed by atoms with Gasteiger partial charge >= 0.3 is 11.9 Å². The van der Waals surface area contributed by atoms with Gasteiger partial charge in [-0.1, -0.05) is 6.07 Å². The molecule has 128 valence electrons. The highest BCUT2D eigenvalue weighted by atomic mass is 19.1. The number of aliphatic hydroxyl groups excluding tert-OH is 2.